The number of benzene rings is 1. The zero-order valence-corrected chi connectivity index (χ0v) is 18.3. The van der Waals surface area contributed by atoms with E-state index in [2.05, 4.69) is 81.6 Å². The third kappa shape index (κ3) is 4.15. The highest BCUT2D eigenvalue weighted by atomic mass is 15.3. The molecule has 2 aromatic heterocycles. The van der Waals surface area contributed by atoms with Gasteiger partial charge in [0.15, 0.2) is 0 Å². The van der Waals surface area contributed by atoms with Crippen molar-refractivity contribution < 1.29 is 0 Å². The standard InChI is InChI=1S/C25H33N5/c1-20-8-11-30-24(21(2)26-25(30)16-20)19-27-12-14-29(15-13-27)23-9-10-28(18-23)17-22-6-4-3-5-7-22/h3-8,11,16,23H,9-10,12-15,17-19H2,1-2H3/t23-/m0/s1. The molecule has 1 aromatic carbocycles. The van der Waals surface area contributed by atoms with Gasteiger partial charge in [-0.05, 0) is 43.5 Å². The molecule has 0 unspecified atom stereocenters. The van der Waals surface area contributed by atoms with Gasteiger partial charge in [0.05, 0.1) is 11.4 Å². The van der Waals surface area contributed by atoms with E-state index in [0.717, 1.165) is 43.6 Å². The first kappa shape index (κ1) is 19.7. The lowest BCUT2D eigenvalue weighted by atomic mass is 10.2. The van der Waals surface area contributed by atoms with Crippen molar-refractivity contribution in [3.8, 4) is 0 Å². The van der Waals surface area contributed by atoms with Crippen LogP contribution in [0.3, 0.4) is 0 Å². The van der Waals surface area contributed by atoms with Crippen molar-refractivity contribution in [2.75, 3.05) is 39.3 Å². The highest BCUT2D eigenvalue weighted by Crippen LogP contribution is 2.21. The number of piperazine rings is 1. The molecule has 3 aromatic rings. The Morgan fingerprint density at radius 2 is 1.70 bits per heavy atom. The average Bonchev–Trinajstić information content (AvgIpc) is 3.33. The van der Waals surface area contributed by atoms with Gasteiger partial charge in [-0.2, -0.15) is 0 Å². The van der Waals surface area contributed by atoms with Crippen molar-refractivity contribution in [2.24, 2.45) is 0 Å². The molecule has 5 nitrogen and oxygen atoms in total. The second-order valence-corrected chi connectivity index (χ2v) is 9.05. The Balaban J connectivity index is 1.15. The van der Waals surface area contributed by atoms with Gasteiger partial charge in [-0.25, -0.2) is 4.98 Å². The molecule has 0 spiro atoms. The van der Waals surface area contributed by atoms with E-state index in [1.54, 1.807) is 0 Å². The van der Waals surface area contributed by atoms with Crippen LogP contribution in [0.1, 0.15) is 28.9 Å². The maximum Gasteiger partial charge on any atom is 0.137 e. The smallest absolute Gasteiger partial charge is 0.137 e. The summed E-state index contributed by atoms with van der Waals surface area (Å²) in [6.45, 7) is 13.4. The summed E-state index contributed by atoms with van der Waals surface area (Å²) in [7, 11) is 0. The maximum atomic E-state index is 4.78. The molecule has 2 aliphatic rings. The number of hydrogen-bond donors (Lipinski definition) is 0. The molecule has 0 radical (unpaired) electrons. The Labute approximate surface area is 179 Å². The summed E-state index contributed by atoms with van der Waals surface area (Å²) in [5, 5.41) is 0. The van der Waals surface area contributed by atoms with Crippen LogP contribution in [0.25, 0.3) is 5.65 Å². The van der Waals surface area contributed by atoms with Crippen molar-refractivity contribution in [3.05, 3.63) is 71.2 Å². The van der Waals surface area contributed by atoms with Crippen molar-refractivity contribution in [3.63, 3.8) is 0 Å². The van der Waals surface area contributed by atoms with Gasteiger partial charge in [-0.1, -0.05) is 30.3 Å². The van der Waals surface area contributed by atoms with Crippen LogP contribution in [-0.4, -0.2) is 69.4 Å². The van der Waals surface area contributed by atoms with Crippen molar-refractivity contribution in [1.29, 1.82) is 0 Å². The Morgan fingerprint density at radius 3 is 2.50 bits per heavy atom. The molecule has 0 N–H and O–H groups in total. The van der Waals surface area contributed by atoms with E-state index < -0.39 is 0 Å². The Hall–Kier alpha value is -2.21. The van der Waals surface area contributed by atoms with Crippen LogP contribution in [0.5, 0.6) is 0 Å². The van der Waals surface area contributed by atoms with E-state index in [1.807, 2.05) is 0 Å². The number of fused-ring (bicyclic) bond motifs is 1. The molecule has 2 fully saturated rings. The van der Waals surface area contributed by atoms with Crippen molar-refractivity contribution in [2.45, 2.75) is 39.4 Å². The number of aromatic nitrogens is 2. The molecule has 30 heavy (non-hydrogen) atoms. The number of aryl methyl sites for hydroxylation is 2. The Kier molecular flexibility index (Phi) is 5.59. The number of rotatable bonds is 5. The highest BCUT2D eigenvalue weighted by molar-refractivity contribution is 5.45. The zero-order chi connectivity index (χ0) is 20.5. The Morgan fingerprint density at radius 1 is 0.900 bits per heavy atom. The molecule has 0 amide bonds. The molecule has 0 bridgehead atoms. The third-order valence-electron chi connectivity index (χ3n) is 6.87. The molecule has 0 saturated carbocycles. The molecule has 0 aliphatic carbocycles. The number of likely N-dealkylation sites (tertiary alicyclic amines) is 1. The van der Waals surface area contributed by atoms with E-state index in [-0.39, 0.29) is 0 Å². The molecular weight excluding hydrogens is 370 g/mol. The van der Waals surface area contributed by atoms with Gasteiger partial charge in [0.1, 0.15) is 5.65 Å². The number of nitrogens with zero attached hydrogens (tertiary/aromatic N) is 5. The van der Waals surface area contributed by atoms with Crippen LogP contribution in [0.4, 0.5) is 0 Å². The summed E-state index contributed by atoms with van der Waals surface area (Å²) in [4.78, 5) is 12.7. The van der Waals surface area contributed by atoms with Crippen LogP contribution < -0.4 is 0 Å². The molecule has 5 rings (SSSR count). The van der Waals surface area contributed by atoms with Gasteiger partial charge in [-0.15, -0.1) is 0 Å². The SMILES string of the molecule is Cc1ccn2c(CN3CCN([C@H]4CCN(Cc5ccccc5)C4)CC3)c(C)nc2c1. The van der Waals surface area contributed by atoms with E-state index in [1.165, 1.54) is 49.4 Å². The molecule has 5 heteroatoms. The highest BCUT2D eigenvalue weighted by Gasteiger charge is 2.30. The normalized spacial score (nSPS) is 21.6. The lowest BCUT2D eigenvalue weighted by molar-refractivity contribution is 0.0922. The number of hydrogen-bond acceptors (Lipinski definition) is 4. The second kappa shape index (κ2) is 8.50. The van der Waals surface area contributed by atoms with E-state index >= 15 is 0 Å². The van der Waals surface area contributed by atoms with E-state index in [0.29, 0.717) is 0 Å². The first-order valence-corrected chi connectivity index (χ1v) is 11.3. The lowest BCUT2D eigenvalue weighted by Gasteiger charge is -2.38. The predicted molar refractivity (Wildman–Crippen MR) is 122 cm³/mol. The number of imidazole rings is 1. The third-order valence-corrected chi connectivity index (χ3v) is 6.87. The van der Waals surface area contributed by atoms with Gasteiger partial charge < -0.3 is 4.40 Å². The van der Waals surface area contributed by atoms with Crippen molar-refractivity contribution in [1.82, 2.24) is 24.1 Å². The van der Waals surface area contributed by atoms with Gasteiger partial charge in [-0.3, -0.25) is 14.7 Å². The van der Waals surface area contributed by atoms with Gasteiger partial charge in [0.25, 0.3) is 0 Å². The first-order chi connectivity index (χ1) is 14.7. The van der Waals surface area contributed by atoms with Crippen LogP contribution >= 0.6 is 0 Å². The molecule has 1 atom stereocenters. The monoisotopic (exact) mass is 403 g/mol. The minimum atomic E-state index is 0.719. The summed E-state index contributed by atoms with van der Waals surface area (Å²) >= 11 is 0. The van der Waals surface area contributed by atoms with E-state index in [4.69, 9.17) is 4.98 Å². The summed E-state index contributed by atoms with van der Waals surface area (Å²) in [5.41, 5.74) is 6.28. The van der Waals surface area contributed by atoms with Crippen LogP contribution in [-0.2, 0) is 13.1 Å². The lowest BCUT2D eigenvalue weighted by Crippen LogP contribution is -2.50. The van der Waals surface area contributed by atoms with Gasteiger partial charge in [0.2, 0.25) is 0 Å². The molecule has 158 valence electrons. The molecule has 4 heterocycles. The first-order valence-electron chi connectivity index (χ1n) is 11.3. The fourth-order valence-corrected chi connectivity index (χ4v) is 5.10. The largest absolute Gasteiger partial charge is 0.302 e. The number of pyridine rings is 1. The van der Waals surface area contributed by atoms with Gasteiger partial charge in [0, 0.05) is 64.6 Å². The predicted octanol–water partition coefficient (Wildman–Crippen LogP) is 3.34. The minimum Gasteiger partial charge on any atom is -0.302 e. The fourth-order valence-electron chi connectivity index (χ4n) is 5.10. The summed E-state index contributed by atoms with van der Waals surface area (Å²) in [6.07, 6.45) is 3.48. The quantitative estimate of drug-likeness (QED) is 0.653. The van der Waals surface area contributed by atoms with Crippen LogP contribution in [0.15, 0.2) is 48.7 Å². The van der Waals surface area contributed by atoms with Crippen molar-refractivity contribution >= 4 is 5.65 Å². The van der Waals surface area contributed by atoms with E-state index in [9.17, 15) is 0 Å². The molecular formula is C25H33N5. The summed E-state index contributed by atoms with van der Waals surface area (Å²) in [5.74, 6) is 0. The molecule has 2 aliphatic heterocycles. The van der Waals surface area contributed by atoms with Crippen LogP contribution in [0, 0.1) is 13.8 Å². The fraction of sp³-hybridized carbons (Fsp3) is 0.480. The average molecular weight is 404 g/mol. The molecule has 2 saturated heterocycles. The maximum absolute atomic E-state index is 4.78. The summed E-state index contributed by atoms with van der Waals surface area (Å²) in [6, 6.07) is 16.0. The second-order valence-electron chi connectivity index (χ2n) is 9.05. The van der Waals surface area contributed by atoms with Crippen LogP contribution in [0.2, 0.25) is 0 Å². The minimum absolute atomic E-state index is 0.719. The Bertz CT molecular complexity index is 987. The van der Waals surface area contributed by atoms with Gasteiger partial charge >= 0.3 is 0 Å². The zero-order valence-electron chi connectivity index (χ0n) is 18.3. The summed E-state index contributed by atoms with van der Waals surface area (Å²) < 4.78 is 2.27. The topological polar surface area (TPSA) is 27.0 Å².